The van der Waals surface area contributed by atoms with Gasteiger partial charge in [0.1, 0.15) is 11.7 Å². The summed E-state index contributed by atoms with van der Waals surface area (Å²) in [7, 11) is -3.21. The van der Waals surface area contributed by atoms with Crippen molar-refractivity contribution in [2.75, 3.05) is 5.75 Å². The first-order valence-corrected chi connectivity index (χ1v) is 5.33. The molecule has 1 rings (SSSR count). The normalized spacial score (nSPS) is 33.8. The summed E-state index contributed by atoms with van der Waals surface area (Å²) in [5, 5.41) is 7.79. The molecule has 0 aromatic heterocycles. The van der Waals surface area contributed by atoms with Crippen LogP contribution in [0.15, 0.2) is 0 Å². The maximum atomic E-state index is 11.2. The van der Waals surface area contributed by atoms with E-state index >= 15 is 0 Å². The minimum absolute atomic E-state index is 0.00502. The smallest absolute Gasteiger partial charge is 0.154 e. The lowest BCUT2D eigenvalue weighted by Crippen LogP contribution is -2.17. The Hall–Kier alpha value is -0.890. The number of hydrogen-bond acceptors (Lipinski definition) is 4. The molecule has 66 valence electrons. The van der Waals surface area contributed by atoms with Gasteiger partial charge in [-0.2, -0.15) is 5.26 Å². The van der Waals surface area contributed by atoms with Crippen molar-refractivity contribution >= 4 is 16.1 Å². The van der Waals surface area contributed by atoms with Crippen LogP contribution in [-0.4, -0.2) is 25.7 Å². The Morgan fingerprint density at radius 1 is 1.75 bits per heavy atom. The van der Waals surface area contributed by atoms with Gasteiger partial charge in [-0.05, 0) is 6.42 Å². The predicted octanol–water partition coefficient (Wildman–Crippen LogP) is -0.0977. The molecular weight excluding hydrogens is 178 g/mol. The maximum Gasteiger partial charge on any atom is 0.154 e. The van der Waals surface area contributed by atoms with Crippen LogP contribution in [0.1, 0.15) is 13.3 Å². The van der Waals surface area contributed by atoms with E-state index in [4.69, 9.17) is 5.26 Å². The lowest BCUT2D eigenvalue weighted by Gasteiger charge is -1.98. The predicted molar refractivity (Wildman–Crippen MR) is 42.0 cm³/mol. The molecule has 1 fully saturated rings. The van der Waals surface area contributed by atoms with Crippen molar-refractivity contribution in [3.63, 3.8) is 0 Å². The highest BCUT2D eigenvalue weighted by Gasteiger charge is 2.61. The van der Waals surface area contributed by atoms with Crippen molar-refractivity contribution in [1.29, 1.82) is 5.26 Å². The number of aldehydes is 1. The standard InChI is InChI=1S/C7H9NO3S/c1-2-12(10,11)6-3-7(6,4-8)5-9/h5-6H,2-3H2,1H3. The molecule has 0 aromatic rings. The largest absolute Gasteiger partial charge is 0.302 e. The van der Waals surface area contributed by atoms with Crippen molar-refractivity contribution in [1.82, 2.24) is 0 Å². The van der Waals surface area contributed by atoms with Gasteiger partial charge in [-0.1, -0.05) is 6.92 Å². The lowest BCUT2D eigenvalue weighted by molar-refractivity contribution is -0.110. The van der Waals surface area contributed by atoms with Gasteiger partial charge in [-0.15, -0.1) is 0 Å². The number of hydrogen-bond donors (Lipinski definition) is 0. The summed E-state index contributed by atoms with van der Waals surface area (Å²) in [6.07, 6.45) is 0.619. The molecule has 0 aromatic carbocycles. The van der Waals surface area contributed by atoms with E-state index < -0.39 is 20.5 Å². The average Bonchev–Trinajstić information content (AvgIpc) is 2.80. The molecule has 0 saturated heterocycles. The van der Waals surface area contributed by atoms with Crippen LogP contribution in [0.25, 0.3) is 0 Å². The molecule has 5 heteroatoms. The zero-order valence-corrected chi connectivity index (χ0v) is 7.47. The second-order valence-corrected chi connectivity index (χ2v) is 5.39. The molecule has 4 nitrogen and oxygen atoms in total. The molecule has 12 heavy (non-hydrogen) atoms. The highest BCUT2D eigenvalue weighted by atomic mass is 32.2. The summed E-state index contributed by atoms with van der Waals surface area (Å²) in [4.78, 5) is 10.4. The second-order valence-electron chi connectivity index (χ2n) is 2.91. The van der Waals surface area contributed by atoms with E-state index in [0.717, 1.165) is 0 Å². The van der Waals surface area contributed by atoms with E-state index in [9.17, 15) is 13.2 Å². The molecule has 1 aliphatic rings. The fraction of sp³-hybridized carbons (Fsp3) is 0.714. The van der Waals surface area contributed by atoms with Gasteiger partial charge in [0.15, 0.2) is 9.84 Å². The summed E-state index contributed by atoms with van der Waals surface area (Å²) in [6, 6.07) is 1.75. The van der Waals surface area contributed by atoms with E-state index in [1.807, 2.05) is 0 Å². The second kappa shape index (κ2) is 2.56. The van der Waals surface area contributed by atoms with Gasteiger partial charge >= 0.3 is 0 Å². The minimum atomic E-state index is -3.21. The van der Waals surface area contributed by atoms with E-state index in [1.165, 1.54) is 6.92 Å². The third-order valence-corrected chi connectivity index (χ3v) is 4.45. The van der Waals surface area contributed by atoms with Crippen molar-refractivity contribution < 1.29 is 13.2 Å². The molecule has 0 aliphatic heterocycles. The topological polar surface area (TPSA) is 75.0 Å². The number of carbonyl (C=O) groups excluding carboxylic acids is 1. The lowest BCUT2D eigenvalue weighted by atomic mass is 10.2. The van der Waals surface area contributed by atoms with E-state index in [-0.39, 0.29) is 12.2 Å². The summed E-state index contributed by atoms with van der Waals surface area (Å²) < 4.78 is 22.4. The van der Waals surface area contributed by atoms with Crippen LogP contribution >= 0.6 is 0 Å². The first kappa shape index (κ1) is 9.20. The van der Waals surface area contributed by atoms with Gasteiger partial charge in [-0.25, -0.2) is 8.42 Å². The van der Waals surface area contributed by atoms with Crippen molar-refractivity contribution in [3.05, 3.63) is 0 Å². The van der Waals surface area contributed by atoms with Gasteiger partial charge in [0.05, 0.1) is 11.3 Å². The zero-order valence-electron chi connectivity index (χ0n) is 6.65. The summed E-state index contributed by atoms with van der Waals surface area (Å²) in [6.45, 7) is 1.51. The zero-order chi connectivity index (χ0) is 9.41. The fourth-order valence-electron chi connectivity index (χ4n) is 1.16. The Morgan fingerprint density at radius 2 is 2.33 bits per heavy atom. The van der Waals surface area contributed by atoms with Crippen molar-refractivity contribution in [2.45, 2.75) is 18.6 Å². The van der Waals surface area contributed by atoms with Crippen LogP contribution in [0, 0.1) is 16.7 Å². The molecule has 1 aliphatic carbocycles. The third kappa shape index (κ3) is 1.12. The average molecular weight is 187 g/mol. The molecule has 0 radical (unpaired) electrons. The van der Waals surface area contributed by atoms with E-state index in [2.05, 4.69) is 0 Å². The third-order valence-electron chi connectivity index (χ3n) is 2.19. The molecule has 0 amide bonds. The van der Waals surface area contributed by atoms with Crippen LogP contribution in [0.4, 0.5) is 0 Å². The molecule has 0 spiro atoms. The van der Waals surface area contributed by atoms with Crippen LogP contribution in [0.2, 0.25) is 0 Å². The fourth-order valence-corrected chi connectivity index (χ4v) is 2.85. The quantitative estimate of drug-likeness (QED) is 0.578. The molecule has 0 N–H and O–H groups in total. The van der Waals surface area contributed by atoms with Crippen LogP contribution in [-0.2, 0) is 14.6 Å². The first-order valence-electron chi connectivity index (χ1n) is 3.61. The van der Waals surface area contributed by atoms with Gasteiger partial charge in [-0.3, -0.25) is 0 Å². The van der Waals surface area contributed by atoms with Crippen molar-refractivity contribution in [2.24, 2.45) is 5.41 Å². The summed E-state index contributed by atoms with van der Waals surface area (Å²) in [5.74, 6) is -0.00502. The molecule has 0 heterocycles. The van der Waals surface area contributed by atoms with Crippen LogP contribution in [0.3, 0.4) is 0 Å². The Balaban J connectivity index is 2.90. The SMILES string of the molecule is CCS(=O)(=O)C1CC1(C#N)C=O. The van der Waals surface area contributed by atoms with E-state index in [0.29, 0.717) is 6.29 Å². The van der Waals surface area contributed by atoms with Gasteiger partial charge in [0.25, 0.3) is 0 Å². The molecular formula is C7H9NO3S. The van der Waals surface area contributed by atoms with Crippen LogP contribution in [0.5, 0.6) is 0 Å². The van der Waals surface area contributed by atoms with Crippen molar-refractivity contribution in [3.8, 4) is 6.07 Å². The van der Waals surface area contributed by atoms with Gasteiger partial charge < -0.3 is 4.79 Å². The monoisotopic (exact) mass is 187 g/mol. The first-order chi connectivity index (χ1) is 5.52. The minimum Gasteiger partial charge on any atom is -0.302 e. The molecule has 0 bridgehead atoms. The number of carbonyl (C=O) groups is 1. The number of sulfone groups is 1. The van der Waals surface area contributed by atoms with Gasteiger partial charge in [0, 0.05) is 5.75 Å². The summed E-state index contributed by atoms with van der Waals surface area (Å²) >= 11 is 0. The molecule has 2 unspecified atom stereocenters. The van der Waals surface area contributed by atoms with Gasteiger partial charge in [0.2, 0.25) is 0 Å². The summed E-state index contributed by atoms with van der Waals surface area (Å²) in [5.41, 5.74) is -1.23. The number of rotatable bonds is 3. The maximum absolute atomic E-state index is 11.2. The highest BCUT2D eigenvalue weighted by molar-refractivity contribution is 7.92. The Labute approximate surface area is 71.1 Å². The Bertz CT molecular complexity index is 340. The Kier molecular flexibility index (Phi) is 1.96. The molecule has 1 saturated carbocycles. The van der Waals surface area contributed by atoms with Crippen LogP contribution < -0.4 is 0 Å². The molecule has 2 atom stereocenters. The highest BCUT2D eigenvalue weighted by Crippen LogP contribution is 2.48. The van der Waals surface area contributed by atoms with E-state index in [1.54, 1.807) is 6.07 Å². The number of nitriles is 1. The Morgan fingerprint density at radius 3 is 2.58 bits per heavy atom. The number of nitrogens with zero attached hydrogens (tertiary/aromatic N) is 1.